The Morgan fingerprint density at radius 1 is 1.55 bits per heavy atom. The van der Waals surface area contributed by atoms with Crippen LogP contribution in [0.2, 0.25) is 0 Å². The lowest BCUT2D eigenvalue weighted by Crippen LogP contribution is -2.15. The summed E-state index contributed by atoms with van der Waals surface area (Å²) in [5.41, 5.74) is 0. The molecule has 0 fully saturated rings. The van der Waals surface area contributed by atoms with Crippen molar-refractivity contribution in [2.24, 2.45) is 0 Å². The number of halogens is 1. The molecule has 0 bridgehead atoms. The minimum atomic E-state index is -1.05. The Morgan fingerprint density at radius 3 is 2.45 bits per heavy atom. The van der Waals surface area contributed by atoms with E-state index in [2.05, 4.69) is 0 Å². The molecule has 0 amide bonds. The highest BCUT2D eigenvalue weighted by atomic mass is 19.1. The maximum atomic E-state index is 12.5. The number of rotatable bonds is 4. The van der Waals surface area contributed by atoms with Crippen molar-refractivity contribution in [2.45, 2.75) is 45.9 Å². The summed E-state index contributed by atoms with van der Waals surface area (Å²) in [5.74, 6) is -0.450. The van der Waals surface area contributed by atoms with Crippen molar-refractivity contribution in [1.29, 1.82) is 0 Å². The van der Waals surface area contributed by atoms with E-state index < -0.39 is 12.1 Å². The first kappa shape index (κ1) is 10.4. The molecule has 2 nitrogen and oxygen atoms in total. The van der Waals surface area contributed by atoms with E-state index in [0.29, 0.717) is 6.42 Å². The van der Waals surface area contributed by atoms with Gasteiger partial charge in [-0.3, -0.25) is 4.79 Å². The molecule has 0 saturated heterocycles. The summed E-state index contributed by atoms with van der Waals surface area (Å²) in [7, 11) is 0. The molecule has 0 aromatic rings. The molecule has 3 heteroatoms. The molecular formula is C8H15FO2. The third-order valence-electron chi connectivity index (χ3n) is 1.20. The normalized spacial score (nSPS) is 13.2. The Bertz CT molecular complexity index is 123. The fraction of sp³-hybridized carbons (Fsp3) is 0.875. The Hall–Kier alpha value is -0.600. The lowest BCUT2D eigenvalue weighted by molar-refractivity contribution is -0.148. The van der Waals surface area contributed by atoms with Crippen LogP contribution in [0.3, 0.4) is 0 Å². The van der Waals surface area contributed by atoms with Crippen LogP contribution in [0.4, 0.5) is 4.39 Å². The molecule has 0 aliphatic carbocycles. The van der Waals surface area contributed by atoms with Gasteiger partial charge in [0.25, 0.3) is 0 Å². The number of esters is 1. The van der Waals surface area contributed by atoms with E-state index in [1.807, 2.05) is 0 Å². The molecule has 0 spiro atoms. The SMILES string of the molecule is CCC(F)CC(=O)OC(C)C. The van der Waals surface area contributed by atoms with Gasteiger partial charge >= 0.3 is 5.97 Å². The summed E-state index contributed by atoms with van der Waals surface area (Å²) in [6.45, 7) is 5.20. The van der Waals surface area contributed by atoms with Crippen molar-refractivity contribution >= 4 is 5.97 Å². The van der Waals surface area contributed by atoms with Gasteiger partial charge in [-0.15, -0.1) is 0 Å². The first-order valence-corrected chi connectivity index (χ1v) is 3.89. The van der Waals surface area contributed by atoms with Gasteiger partial charge in [0.05, 0.1) is 12.5 Å². The van der Waals surface area contributed by atoms with Gasteiger partial charge in [0.15, 0.2) is 0 Å². The number of hydrogen-bond acceptors (Lipinski definition) is 2. The Labute approximate surface area is 66.7 Å². The summed E-state index contributed by atoms with van der Waals surface area (Å²) in [4.78, 5) is 10.8. The van der Waals surface area contributed by atoms with E-state index in [-0.39, 0.29) is 12.5 Å². The van der Waals surface area contributed by atoms with E-state index in [1.165, 1.54) is 0 Å². The molecule has 1 unspecified atom stereocenters. The van der Waals surface area contributed by atoms with Crippen molar-refractivity contribution in [1.82, 2.24) is 0 Å². The number of ether oxygens (including phenoxy) is 1. The molecule has 0 radical (unpaired) electrons. The van der Waals surface area contributed by atoms with Crippen LogP contribution in [0.1, 0.15) is 33.6 Å². The maximum Gasteiger partial charge on any atom is 0.308 e. The van der Waals surface area contributed by atoms with Crippen LogP contribution in [-0.4, -0.2) is 18.2 Å². The summed E-state index contributed by atoms with van der Waals surface area (Å²) in [6, 6.07) is 0. The number of hydrogen-bond donors (Lipinski definition) is 0. The monoisotopic (exact) mass is 162 g/mol. The Morgan fingerprint density at radius 2 is 2.09 bits per heavy atom. The predicted octanol–water partition coefficient (Wildman–Crippen LogP) is 2.08. The van der Waals surface area contributed by atoms with Crippen molar-refractivity contribution in [3.8, 4) is 0 Å². The molecule has 0 heterocycles. The summed E-state index contributed by atoms with van der Waals surface area (Å²) < 4.78 is 17.3. The van der Waals surface area contributed by atoms with Crippen molar-refractivity contribution < 1.29 is 13.9 Å². The summed E-state index contributed by atoms with van der Waals surface area (Å²) in [6.07, 6.45) is -0.949. The van der Waals surface area contributed by atoms with Gasteiger partial charge in [0, 0.05) is 0 Å². The number of carbonyl (C=O) groups is 1. The molecule has 0 aromatic carbocycles. The van der Waals surface area contributed by atoms with Crippen LogP contribution < -0.4 is 0 Å². The molecule has 0 aliphatic heterocycles. The fourth-order valence-electron chi connectivity index (χ4n) is 0.636. The second kappa shape index (κ2) is 5.10. The molecular weight excluding hydrogens is 147 g/mol. The molecule has 0 saturated carbocycles. The highest BCUT2D eigenvalue weighted by Crippen LogP contribution is 2.04. The molecule has 66 valence electrons. The van der Waals surface area contributed by atoms with Crippen LogP contribution in [0, 0.1) is 0 Å². The largest absolute Gasteiger partial charge is 0.463 e. The predicted molar refractivity (Wildman–Crippen MR) is 41.0 cm³/mol. The third kappa shape index (κ3) is 5.83. The lowest BCUT2D eigenvalue weighted by atomic mass is 10.2. The molecule has 0 rings (SSSR count). The van der Waals surface area contributed by atoms with Gasteiger partial charge in [-0.05, 0) is 20.3 Å². The van der Waals surface area contributed by atoms with Gasteiger partial charge < -0.3 is 4.74 Å². The second-order valence-electron chi connectivity index (χ2n) is 2.75. The van der Waals surface area contributed by atoms with Crippen molar-refractivity contribution in [3.05, 3.63) is 0 Å². The highest BCUT2D eigenvalue weighted by Gasteiger charge is 2.12. The maximum absolute atomic E-state index is 12.5. The third-order valence-corrected chi connectivity index (χ3v) is 1.20. The fourth-order valence-corrected chi connectivity index (χ4v) is 0.636. The zero-order valence-corrected chi connectivity index (χ0v) is 7.26. The van der Waals surface area contributed by atoms with E-state index in [0.717, 1.165) is 0 Å². The van der Waals surface area contributed by atoms with Crippen LogP contribution in [0.5, 0.6) is 0 Å². The van der Waals surface area contributed by atoms with Crippen LogP contribution in [0.25, 0.3) is 0 Å². The zero-order chi connectivity index (χ0) is 8.85. The molecule has 11 heavy (non-hydrogen) atoms. The van der Waals surface area contributed by atoms with Gasteiger partial charge in [0.2, 0.25) is 0 Å². The molecule has 0 aliphatic rings. The van der Waals surface area contributed by atoms with Gasteiger partial charge in [0.1, 0.15) is 6.17 Å². The van der Waals surface area contributed by atoms with E-state index >= 15 is 0 Å². The number of alkyl halides is 1. The topological polar surface area (TPSA) is 26.3 Å². The smallest absolute Gasteiger partial charge is 0.308 e. The van der Waals surface area contributed by atoms with E-state index in [4.69, 9.17) is 4.74 Å². The lowest BCUT2D eigenvalue weighted by Gasteiger charge is -2.08. The van der Waals surface area contributed by atoms with Crippen LogP contribution in [0.15, 0.2) is 0 Å². The number of carbonyl (C=O) groups excluding carboxylic acids is 1. The molecule has 0 N–H and O–H groups in total. The molecule has 0 aromatic heterocycles. The average molecular weight is 162 g/mol. The van der Waals surface area contributed by atoms with Crippen molar-refractivity contribution in [2.75, 3.05) is 0 Å². The quantitative estimate of drug-likeness (QED) is 0.591. The summed E-state index contributed by atoms with van der Waals surface area (Å²) in [5, 5.41) is 0. The van der Waals surface area contributed by atoms with E-state index in [1.54, 1.807) is 20.8 Å². The van der Waals surface area contributed by atoms with Crippen LogP contribution >= 0.6 is 0 Å². The van der Waals surface area contributed by atoms with Gasteiger partial charge in [-0.1, -0.05) is 6.92 Å². The average Bonchev–Trinajstić information content (AvgIpc) is 1.85. The summed E-state index contributed by atoms with van der Waals surface area (Å²) >= 11 is 0. The standard InChI is InChI=1S/C8H15FO2/c1-4-7(9)5-8(10)11-6(2)3/h6-7H,4-5H2,1-3H3. The minimum absolute atomic E-state index is 0.116. The Kier molecular flexibility index (Phi) is 4.83. The van der Waals surface area contributed by atoms with Crippen molar-refractivity contribution in [3.63, 3.8) is 0 Å². The molecule has 1 atom stereocenters. The highest BCUT2D eigenvalue weighted by molar-refractivity contribution is 5.70. The first-order chi connectivity index (χ1) is 5.06. The minimum Gasteiger partial charge on any atom is -0.463 e. The van der Waals surface area contributed by atoms with Gasteiger partial charge in [-0.2, -0.15) is 0 Å². The Balaban J connectivity index is 3.52. The van der Waals surface area contributed by atoms with E-state index in [9.17, 15) is 9.18 Å². The first-order valence-electron chi connectivity index (χ1n) is 3.89. The van der Waals surface area contributed by atoms with Crippen LogP contribution in [-0.2, 0) is 9.53 Å². The van der Waals surface area contributed by atoms with Gasteiger partial charge in [-0.25, -0.2) is 4.39 Å². The zero-order valence-electron chi connectivity index (χ0n) is 7.26. The second-order valence-corrected chi connectivity index (χ2v) is 2.75.